The van der Waals surface area contributed by atoms with Crippen molar-refractivity contribution < 1.29 is 18.3 Å². The number of likely N-dealkylation sites (N-methyl/N-ethyl adjacent to an activating group) is 1. The lowest BCUT2D eigenvalue weighted by Crippen LogP contribution is -2.44. The van der Waals surface area contributed by atoms with Crippen LogP contribution >= 0.6 is 11.6 Å². The number of nitrogens with two attached hydrogens (primary N) is 1. The third-order valence-electron chi connectivity index (χ3n) is 6.49. The van der Waals surface area contributed by atoms with Crippen LogP contribution in [0.2, 0.25) is 5.02 Å². The van der Waals surface area contributed by atoms with Crippen LogP contribution in [-0.4, -0.2) is 66.7 Å². The second kappa shape index (κ2) is 11.2. The highest BCUT2D eigenvalue weighted by Crippen LogP contribution is 2.34. The molecular formula is C23H30ClF2N7O2. The van der Waals surface area contributed by atoms with Crippen LogP contribution < -0.4 is 26.0 Å². The first kappa shape index (κ1) is 25.2. The number of halogens is 3. The monoisotopic (exact) mass is 509 g/mol. The Labute approximate surface area is 208 Å². The maximum absolute atomic E-state index is 13.2. The van der Waals surface area contributed by atoms with Crippen molar-refractivity contribution >= 4 is 40.6 Å². The highest BCUT2D eigenvalue weighted by Gasteiger charge is 2.30. The number of carbonyl (C=O) groups excluding carboxylic acids is 1. The van der Waals surface area contributed by atoms with E-state index in [0.717, 1.165) is 51.1 Å². The predicted molar refractivity (Wildman–Crippen MR) is 132 cm³/mol. The number of anilines is 4. The highest BCUT2D eigenvalue weighted by molar-refractivity contribution is 6.32. The Kier molecular flexibility index (Phi) is 8.07. The van der Waals surface area contributed by atoms with Gasteiger partial charge < -0.3 is 30.9 Å². The molecule has 2 aromatic rings. The van der Waals surface area contributed by atoms with Gasteiger partial charge in [0.25, 0.3) is 0 Å². The summed E-state index contributed by atoms with van der Waals surface area (Å²) in [5.41, 5.74) is 6.67. The summed E-state index contributed by atoms with van der Waals surface area (Å²) in [7, 11) is 2.05. The highest BCUT2D eigenvalue weighted by atomic mass is 35.5. The number of primary amides is 1. The maximum atomic E-state index is 13.2. The summed E-state index contributed by atoms with van der Waals surface area (Å²) < 4.78 is 31.2. The van der Waals surface area contributed by atoms with E-state index in [2.05, 4.69) is 30.4 Å². The number of aromatic nitrogens is 2. The van der Waals surface area contributed by atoms with Crippen molar-refractivity contribution in [3.63, 3.8) is 0 Å². The zero-order chi connectivity index (χ0) is 24.9. The molecule has 35 heavy (non-hydrogen) atoms. The molecule has 0 radical (unpaired) electrons. The van der Waals surface area contributed by atoms with Crippen molar-refractivity contribution in [3.8, 4) is 5.75 Å². The van der Waals surface area contributed by atoms with Gasteiger partial charge in [-0.2, -0.15) is 13.8 Å². The fraction of sp³-hybridized carbons (Fsp3) is 0.522. The topological polar surface area (TPSA) is 109 Å². The van der Waals surface area contributed by atoms with Crippen LogP contribution in [0.25, 0.3) is 0 Å². The molecule has 1 saturated carbocycles. The zero-order valence-electron chi connectivity index (χ0n) is 19.5. The number of hydrogen-bond donors (Lipinski definition) is 3. The maximum Gasteiger partial charge on any atom is 0.387 e. The van der Waals surface area contributed by atoms with Crippen molar-refractivity contribution in [2.45, 2.75) is 38.3 Å². The first-order valence-electron chi connectivity index (χ1n) is 11.7. The molecule has 12 heteroatoms. The van der Waals surface area contributed by atoms with Crippen molar-refractivity contribution in [1.82, 2.24) is 14.9 Å². The molecular weight excluding hydrogens is 480 g/mol. The van der Waals surface area contributed by atoms with E-state index in [1.807, 2.05) is 13.1 Å². The van der Waals surface area contributed by atoms with Crippen molar-refractivity contribution in [2.75, 3.05) is 48.8 Å². The number of nitrogens with zero attached hydrogens (tertiary/aromatic N) is 4. The van der Waals surface area contributed by atoms with Gasteiger partial charge in [-0.1, -0.05) is 24.4 Å². The second-order valence-electron chi connectivity index (χ2n) is 8.91. The Hall–Kier alpha value is -2.92. The van der Waals surface area contributed by atoms with Gasteiger partial charge in [0, 0.05) is 44.0 Å². The van der Waals surface area contributed by atoms with Crippen LogP contribution in [0, 0.1) is 5.92 Å². The molecule has 2 heterocycles. The van der Waals surface area contributed by atoms with Crippen LogP contribution in [0.3, 0.4) is 0 Å². The van der Waals surface area contributed by atoms with Crippen molar-refractivity contribution in [1.29, 1.82) is 0 Å². The third-order valence-corrected chi connectivity index (χ3v) is 6.77. The van der Waals surface area contributed by atoms with E-state index in [9.17, 15) is 13.6 Å². The van der Waals surface area contributed by atoms with Crippen LogP contribution in [0.4, 0.5) is 31.9 Å². The van der Waals surface area contributed by atoms with Gasteiger partial charge in [-0.25, -0.2) is 4.98 Å². The average molecular weight is 510 g/mol. The number of hydrogen-bond acceptors (Lipinski definition) is 8. The van der Waals surface area contributed by atoms with E-state index in [-0.39, 0.29) is 34.6 Å². The predicted octanol–water partition coefficient (Wildman–Crippen LogP) is 3.68. The Bertz CT molecular complexity index is 1040. The number of nitrogens with one attached hydrogen (secondary N) is 2. The number of carbonyl (C=O) groups is 1. The van der Waals surface area contributed by atoms with E-state index in [1.165, 1.54) is 6.20 Å². The molecule has 1 saturated heterocycles. The molecule has 2 fully saturated rings. The Morgan fingerprint density at radius 2 is 1.97 bits per heavy atom. The van der Waals surface area contributed by atoms with Gasteiger partial charge in [0.1, 0.15) is 5.02 Å². The molecule has 190 valence electrons. The number of piperazine rings is 1. The summed E-state index contributed by atoms with van der Waals surface area (Å²) in [4.78, 5) is 24.8. The number of alkyl halides is 2. The molecule has 1 aromatic carbocycles. The number of rotatable bonds is 8. The van der Waals surface area contributed by atoms with Gasteiger partial charge in [-0.15, -0.1) is 0 Å². The van der Waals surface area contributed by atoms with Crippen molar-refractivity contribution in [2.24, 2.45) is 11.7 Å². The van der Waals surface area contributed by atoms with E-state index < -0.39 is 6.61 Å². The van der Waals surface area contributed by atoms with Gasteiger partial charge in [0.2, 0.25) is 11.9 Å². The molecule has 1 aliphatic heterocycles. The molecule has 4 rings (SSSR count). The normalized spacial score (nSPS) is 21.1. The Morgan fingerprint density at radius 3 is 2.69 bits per heavy atom. The van der Waals surface area contributed by atoms with Gasteiger partial charge in [-0.05, 0) is 32.0 Å². The van der Waals surface area contributed by atoms with Crippen LogP contribution in [-0.2, 0) is 4.79 Å². The number of amides is 1. The zero-order valence-corrected chi connectivity index (χ0v) is 20.3. The van der Waals surface area contributed by atoms with E-state index in [4.69, 9.17) is 22.1 Å². The molecule has 2 atom stereocenters. The van der Waals surface area contributed by atoms with E-state index >= 15 is 0 Å². The minimum absolute atomic E-state index is 0.00874. The number of ether oxygens (including phenoxy) is 1. The number of benzene rings is 1. The minimum Gasteiger partial charge on any atom is -0.433 e. The molecule has 1 aliphatic carbocycles. The Balaban J connectivity index is 1.54. The first-order chi connectivity index (χ1) is 16.8. The summed E-state index contributed by atoms with van der Waals surface area (Å²) in [6.07, 6.45) is 4.77. The quantitative estimate of drug-likeness (QED) is 0.494. The molecule has 1 amide bonds. The third kappa shape index (κ3) is 6.40. The van der Waals surface area contributed by atoms with Gasteiger partial charge >= 0.3 is 6.61 Å². The van der Waals surface area contributed by atoms with Gasteiger partial charge in [-0.3, -0.25) is 4.79 Å². The summed E-state index contributed by atoms with van der Waals surface area (Å²) in [6.45, 7) is 0.368. The Morgan fingerprint density at radius 1 is 1.23 bits per heavy atom. The largest absolute Gasteiger partial charge is 0.433 e. The van der Waals surface area contributed by atoms with E-state index in [1.54, 1.807) is 12.1 Å². The second-order valence-corrected chi connectivity index (χ2v) is 9.32. The lowest BCUT2D eigenvalue weighted by atomic mass is 9.84. The fourth-order valence-electron chi connectivity index (χ4n) is 4.54. The summed E-state index contributed by atoms with van der Waals surface area (Å²) in [6, 6.07) is 4.91. The van der Waals surface area contributed by atoms with Crippen LogP contribution in [0.15, 0.2) is 24.4 Å². The minimum atomic E-state index is -2.99. The molecule has 1 aromatic heterocycles. The summed E-state index contributed by atoms with van der Waals surface area (Å²) in [5.74, 6) is -0.202. The SMILES string of the molecule is CN1CCN(c2ccc(Nc3ncc(Cl)c(N[C@@H]4CCCC[C@@H]4C(N)=O)n3)c(OC(F)F)c2)CC1. The molecule has 4 N–H and O–H groups in total. The fourth-order valence-corrected chi connectivity index (χ4v) is 4.68. The molecule has 2 aliphatic rings. The van der Waals surface area contributed by atoms with Crippen molar-refractivity contribution in [3.05, 3.63) is 29.4 Å². The first-order valence-corrected chi connectivity index (χ1v) is 12.1. The summed E-state index contributed by atoms with van der Waals surface area (Å²) >= 11 is 6.30. The average Bonchev–Trinajstić information content (AvgIpc) is 2.82. The van der Waals surface area contributed by atoms with Gasteiger partial charge in [0.05, 0.1) is 17.8 Å². The standard InChI is InChI=1S/C23H30ClF2N7O2/c1-32-8-10-33(11-9-32)14-6-7-18(19(12-14)35-22(25)26)30-23-28-13-16(24)21(31-23)29-17-5-3-2-4-15(17)20(27)34/h6-7,12-13,15,17,22H,2-5,8-11H2,1H3,(H2,27,34)(H2,28,29,30,31)/t15-,17+/m0/s1. The molecule has 0 unspecified atom stereocenters. The lowest BCUT2D eigenvalue weighted by Gasteiger charge is -2.34. The molecule has 0 spiro atoms. The smallest absolute Gasteiger partial charge is 0.387 e. The van der Waals surface area contributed by atoms with Gasteiger partial charge in [0.15, 0.2) is 11.6 Å². The summed E-state index contributed by atoms with van der Waals surface area (Å²) in [5, 5.41) is 6.46. The lowest BCUT2D eigenvalue weighted by molar-refractivity contribution is -0.122. The molecule has 9 nitrogen and oxygen atoms in total. The van der Waals surface area contributed by atoms with Crippen LogP contribution in [0.1, 0.15) is 25.7 Å². The van der Waals surface area contributed by atoms with Crippen LogP contribution in [0.5, 0.6) is 5.75 Å². The van der Waals surface area contributed by atoms with E-state index in [0.29, 0.717) is 17.9 Å². The molecule has 0 bridgehead atoms.